The number of hydrogen-bond donors (Lipinski definition) is 1. The van der Waals surface area contributed by atoms with Crippen LogP contribution in [0.5, 0.6) is 0 Å². The minimum Gasteiger partial charge on any atom is -0.481 e. The minimum absolute atomic E-state index is 0.131. The summed E-state index contributed by atoms with van der Waals surface area (Å²) in [5, 5.41) is 8.59. The molecule has 0 unspecified atom stereocenters. The van der Waals surface area contributed by atoms with Crippen LogP contribution in [0.4, 0.5) is 0 Å². The van der Waals surface area contributed by atoms with Crippen molar-refractivity contribution in [1.82, 2.24) is 0 Å². The maximum Gasteiger partial charge on any atom is 0.303 e. The van der Waals surface area contributed by atoms with E-state index in [1.165, 1.54) is 0 Å². The van der Waals surface area contributed by atoms with Gasteiger partial charge in [0.1, 0.15) is 0 Å². The van der Waals surface area contributed by atoms with Crippen LogP contribution in [0.25, 0.3) is 0 Å². The van der Waals surface area contributed by atoms with E-state index in [9.17, 15) is 4.79 Å². The molecule has 2 rings (SSSR count). The summed E-state index contributed by atoms with van der Waals surface area (Å²) in [6.07, 6.45) is 0.728. The molecular weight excluding hydrogens is 176 g/mol. The molecule has 0 aliphatic heterocycles. The van der Waals surface area contributed by atoms with Crippen LogP contribution in [-0.4, -0.2) is 11.1 Å². The predicted octanol–water partition coefficient (Wildman–Crippen LogP) is 2.19. The van der Waals surface area contributed by atoms with Gasteiger partial charge in [0.05, 0.1) is 0 Å². The number of aryl methyl sites for hydroxylation is 3. The Labute approximate surface area is 86.4 Å². The number of aliphatic carboxylic acids is 1. The smallest absolute Gasteiger partial charge is 0.303 e. The van der Waals surface area contributed by atoms with Crippen molar-refractivity contribution in [3.8, 4) is 0 Å². The predicted molar refractivity (Wildman–Crippen MR) is 54.4 cm³/mol. The summed E-state index contributed by atoms with van der Waals surface area (Å²) in [7, 11) is 0. The van der Waals surface area contributed by atoms with Crippen LogP contribution < -0.4 is 0 Å². The molecule has 0 heterocycles. The molecule has 0 fully saturated rings. The fourth-order valence-corrected chi connectivity index (χ4v) is 1.76. The molecular formula is C12H14O2. The van der Waals surface area contributed by atoms with Gasteiger partial charge < -0.3 is 5.11 Å². The third-order valence-corrected chi connectivity index (χ3v) is 2.51. The van der Waals surface area contributed by atoms with E-state index in [2.05, 4.69) is 0 Å². The summed E-state index contributed by atoms with van der Waals surface area (Å²) >= 11 is 0. The van der Waals surface area contributed by atoms with Crippen molar-refractivity contribution in [1.29, 1.82) is 0 Å². The van der Waals surface area contributed by atoms with Gasteiger partial charge in [-0.15, -0.1) is 0 Å². The first-order valence-electron chi connectivity index (χ1n) is 5.83. The van der Waals surface area contributed by atoms with Crippen molar-refractivity contribution in [2.45, 2.75) is 32.1 Å². The average molecular weight is 192 g/mol. The van der Waals surface area contributed by atoms with E-state index < -0.39 is 12.3 Å². The van der Waals surface area contributed by atoms with E-state index in [4.69, 9.17) is 7.85 Å². The molecule has 14 heavy (non-hydrogen) atoms. The maximum absolute atomic E-state index is 10.4. The van der Waals surface area contributed by atoms with Crippen LogP contribution >= 0.6 is 0 Å². The Balaban J connectivity index is 2.19. The zero-order valence-corrected chi connectivity index (χ0v) is 7.92. The molecule has 0 aromatic heterocycles. The Morgan fingerprint density at radius 1 is 1.50 bits per heavy atom. The Bertz CT molecular complexity index is 427. The molecule has 0 spiro atoms. The summed E-state index contributed by atoms with van der Waals surface area (Å²) in [6.45, 7) is 0. The average Bonchev–Trinajstić information content (AvgIpc) is 2.52. The Morgan fingerprint density at radius 2 is 2.36 bits per heavy atom. The molecule has 0 atom stereocenters. The summed E-state index contributed by atoms with van der Waals surface area (Å²) in [6, 6.07) is 5.59. The van der Waals surface area contributed by atoms with Gasteiger partial charge in [-0.05, 0) is 42.3 Å². The van der Waals surface area contributed by atoms with Crippen LogP contribution in [0.3, 0.4) is 0 Å². The number of benzene rings is 1. The molecule has 2 heteroatoms. The van der Waals surface area contributed by atoms with Gasteiger partial charge in [-0.25, -0.2) is 0 Å². The number of carboxylic acid groups (broad SMARTS) is 1. The largest absolute Gasteiger partial charge is 0.481 e. The Hall–Kier alpha value is -1.31. The number of rotatable bonds is 3. The second kappa shape index (κ2) is 3.82. The first-order chi connectivity index (χ1) is 7.49. The van der Waals surface area contributed by atoms with Crippen molar-refractivity contribution in [2.24, 2.45) is 0 Å². The highest BCUT2D eigenvalue weighted by molar-refractivity contribution is 5.67. The highest BCUT2D eigenvalue weighted by atomic mass is 16.4. The fourth-order valence-electron chi connectivity index (χ4n) is 1.76. The quantitative estimate of drug-likeness (QED) is 0.797. The van der Waals surface area contributed by atoms with E-state index in [0.717, 1.165) is 23.1 Å². The molecule has 1 aromatic carbocycles. The van der Waals surface area contributed by atoms with Crippen molar-refractivity contribution in [3.05, 3.63) is 34.9 Å². The van der Waals surface area contributed by atoms with Crippen LogP contribution in [0.1, 0.15) is 32.3 Å². The van der Waals surface area contributed by atoms with Gasteiger partial charge in [-0.1, -0.05) is 18.2 Å². The van der Waals surface area contributed by atoms with Crippen LogP contribution in [0.15, 0.2) is 18.2 Å². The van der Waals surface area contributed by atoms with E-state index in [1.807, 2.05) is 12.1 Å². The highest BCUT2D eigenvalue weighted by Crippen LogP contribution is 2.23. The maximum atomic E-state index is 10.4. The summed E-state index contributed by atoms with van der Waals surface area (Å²) in [5.74, 6) is -0.796. The standard InChI is InChI=1S/C12H14O2/c13-12(14)7-5-9-4-6-10-2-1-3-11(10)8-9/h4,6,8H,1-3,5,7H2,(H,13,14)/i2D2. The highest BCUT2D eigenvalue weighted by Gasteiger charge is 2.10. The molecule has 1 N–H and O–H groups in total. The zero-order chi connectivity index (χ0) is 11.8. The third kappa shape index (κ3) is 1.95. The number of fused-ring (bicyclic) bond motifs is 1. The van der Waals surface area contributed by atoms with E-state index in [0.29, 0.717) is 12.8 Å². The van der Waals surface area contributed by atoms with Gasteiger partial charge in [0.2, 0.25) is 0 Å². The van der Waals surface area contributed by atoms with Crippen LogP contribution in [0.2, 0.25) is 0 Å². The van der Waals surface area contributed by atoms with Gasteiger partial charge in [-0.2, -0.15) is 0 Å². The summed E-state index contributed by atoms with van der Waals surface area (Å²) < 4.78 is 15.6. The van der Waals surface area contributed by atoms with Gasteiger partial charge >= 0.3 is 5.97 Å². The van der Waals surface area contributed by atoms with Crippen molar-refractivity contribution in [2.75, 3.05) is 0 Å². The normalized spacial score (nSPS) is 19.7. The van der Waals surface area contributed by atoms with Crippen LogP contribution in [0, 0.1) is 0 Å². The number of carboxylic acids is 1. The molecule has 1 aromatic rings. The molecule has 0 saturated carbocycles. The van der Waals surface area contributed by atoms with Crippen molar-refractivity contribution >= 4 is 5.97 Å². The van der Waals surface area contributed by atoms with Gasteiger partial charge in [-0.3, -0.25) is 4.79 Å². The van der Waals surface area contributed by atoms with E-state index in [1.54, 1.807) is 6.07 Å². The molecule has 0 radical (unpaired) electrons. The van der Waals surface area contributed by atoms with Gasteiger partial charge in [0.15, 0.2) is 0 Å². The lowest BCUT2D eigenvalue weighted by molar-refractivity contribution is -0.136. The molecule has 0 amide bonds. The van der Waals surface area contributed by atoms with Gasteiger partial charge in [0, 0.05) is 9.16 Å². The second-order valence-electron chi connectivity index (χ2n) is 3.56. The molecule has 0 bridgehead atoms. The lowest BCUT2D eigenvalue weighted by Crippen LogP contribution is -1.98. The molecule has 0 saturated heterocycles. The Kier molecular flexibility index (Phi) is 1.92. The van der Waals surface area contributed by atoms with Crippen LogP contribution in [-0.2, 0) is 24.0 Å². The Morgan fingerprint density at radius 3 is 3.14 bits per heavy atom. The topological polar surface area (TPSA) is 37.3 Å². The molecule has 1 aliphatic rings. The number of carbonyl (C=O) groups is 1. The monoisotopic (exact) mass is 192 g/mol. The van der Waals surface area contributed by atoms with E-state index in [-0.39, 0.29) is 6.42 Å². The summed E-state index contributed by atoms with van der Waals surface area (Å²) in [5.41, 5.74) is 2.79. The lowest BCUT2D eigenvalue weighted by Gasteiger charge is -2.03. The summed E-state index contributed by atoms with van der Waals surface area (Å²) in [4.78, 5) is 10.4. The van der Waals surface area contributed by atoms with E-state index >= 15 is 0 Å². The van der Waals surface area contributed by atoms with Crippen molar-refractivity contribution < 1.29 is 12.6 Å². The molecule has 2 nitrogen and oxygen atoms in total. The first kappa shape index (κ1) is 7.04. The third-order valence-electron chi connectivity index (χ3n) is 2.51. The SMILES string of the molecule is [2H]C1([2H])CCc2cc(CCC(=O)O)ccc21. The first-order valence-corrected chi connectivity index (χ1v) is 4.83. The zero-order valence-electron chi connectivity index (χ0n) is 9.92. The van der Waals surface area contributed by atoms with Gasteiger partial charge in [0.25, 0.3) is 0 Å². The second-order valence-corrected chi connectivity index (χ2v) is 3.56. The van der Waals surface area contributed by atoms with Crippen molar-refractivity contribution in [3.63, 3.8) is 0 Å². The minimum atomic E-state index is -1.21. The number of hydrogen-bond acceptors (Lipinski definition) is 1. The fraction of sp³-hybridized carbons (Fsp3) is 0.417. The lowest BCUT2D eigenvalue weighted by atomic mass is 10.0. The molecule has 1 aliphatic carbocycles. The molecule has 74 valence electrons.